The predicted molar refractivity (Wildman–Crippen MR) is 94.6 cm³/mol. The Morgan fingerprint density at radius 2 is 1.85 bits per heavy atom. The number of aromatic nitrogens is 2. The molecule has 138 valence electrons. The molecule has 0 bridgehead atoms. The number of fused-ring (bicyclic) bond motifs is 1. The van der Waals surface area contributed by atoms with E-state index < -0.39 is 11.6 Å². The van der Waals surface area contributed by atoms with E-state index >= 15 is 0 Å². The number of hydrogen-bond acceptors (Lipinski definition) is 2. The lowest BCUT2D eigenvalue weighted by Crippen LogP contribution is -2.29. The fourth-order valence-corrected chi connectivity index (χ4v) is 3.48. The zero-order valence-corrected chi connectivity index (χ0v) is 14.5. The Morgan fingerprint density at radius 1 is 1.11 bits per heavy atom. The topological polar surface area (TPSA) is 38.1 Å². The molecule has 7 heteroatoms. The van der Waals surface area contributed by atoms with Crippen molar-refractivity contribution in [2.24, 2.45) is 0 Å². The zero-order valence-electron chi connectivity index (χ0n) is 14.5. The zero-order chi connectivity index (χ0) is 19.1. The van der Waals surface area contributed by atoms with Gasteiger partial charge in [0.15, 0.2) is 0 Å². The van der Waals surface area contributed by atoms with Crippen molar-refractivity contribution in [3.63, 3.8) is 0 Å². The van der Waals surface area contributed by atoms with Gasteiger partial charge in [-0.15, -0.1) is 0 Å². The molecule has 0 atom stereocenters. The summed E-state index contributed by atoms with van der Waals surface area (Å²) in [5.41, 5.74) is 2.24. The maximum absolute atomic E-state index is 14.0. The fourth-order valence-electron chi connectivity index (χ4n) is 3.48. The Hall–Kier alpha value is -3.09. The summed E-state index contributed by atoms with van der Waals surface area (Å²) < 4.78 is 42.4. The Balaban J connectivity index is 1.73. The van der Waals surface area contributed by atoms with Crippen molar-refractivity contribution >= 4 is 11.6 Å². The number of rotatable bonds is 3. The minimum absolute atomic E-state index is 0.258. The highest BCUT2D eigenvalue weighted by Crippen LogP contribution is 2.33. The molecule has 0 fully saturated rings. The summed E-state index contributed by atoms with van der Waals surface area (Å²) in [6.45, 7) is 2.16. The van der Waals surface area contributed by atoms with Crippen molar-refractivity contribution in [3.05, 3.63) is 76.9 Å². The third-order valence-electron chi connectivity index (χ3n) is 4.76. The lowest BCUT2D eigenvalue weighted by molar-refractivity contribution is 0.0988. The number of anilines is 1. The quantitative estimate of drug-likeness (QED) is 0.697. The van der Waals surface area contributed by atoms with Gasteiger partial charge in [-0.05, 0) is 43.2 Å². The molecule has 3 aromatic rings. The number of halogens is 3. The van der Waals surface area contributed by atoms with Crippen molar-refractivity contribution in [1.82, 2.24) is 9.78 Å². The summed E-state index contributed by atoms with van der Waals surface area (Å²) in [6, 6.07) is 7.80. The molecule has 0 saturated carbocycles. The first-order valence-corrected chi connectivity index (χ1v) is 8.62. The highest BCUT2D eigenvalue weighted by Gasteiger charge is 2.31. The Labute approximate surface area is 153 Å². The number of hydrogen-bond donors (Lipinski definition) is 0. The van der Waals surface area contributed by atoms with Crippen LogP contribution in [0.2, 0.25) is 0 Å². The predicted octanol–water partition coefficient (Wildman–Crippen LogP) is 4.05. The average molecular weight is 371 g/mol. The highest BCUT2D eigenvalue weighted by atomic mass is 19.1. The molecule has 2 heterocycles. The van der Waals surface area contributed by atoms with Crippen molar-refractivity contribution < 1.29 is 18.0 Å². The smallest absolute Gasteiger partial charge is 0.261 e. The highest BCUT2D eigenvalue weighted by molar-refractivity contribution is 6.08. The van der Waals surface area contributed by atoms with Gasteiger partial charge in [-0.25, -0.2) is 17.9 Å². The fraction of sp³-hybridized carbons (Fsp3) is 0.200. The van der Waals surface area contributed by atoms with Crippen molar-refractivity contribution in [2.45, 2.75) is 19.8 Å². The molecule has 1 amide bonds. The van der Waals surface area contributed by atoms with Gasteiger partial charge in [0.25, 0.3) is 5.91 Å². The molecule has 0 unspecified atom stereocenters. The molecule has 0 spiro atoms. The lowest BCUT2D eigenvalue weighted by atomic mass is 10.1. The molecule has 1 aliphatic heterocycles. The minimum Gasteiger partial charge on any atom is -0.307 e. The third kappa shape index (κ3) is 2.89. The van der Waals surface area contributed by atoms with E-state index in [9.17, 15) is 18.0 Å². The molecule has 4 rings (SSSR count). The molecule has 2 aromatic carbocycles. The number of carbonyl (C=O) groups excluding carboxylic acids is 1. The van der Waals surface area contributed by atoms with Crippen LogP contribution in [0.15, 0.2) is 42.6 Å². The van der Waals surface area contributed by atoms with E-state index in [1.165, 1.54) is 29.3 Å². The van der Waals surface area contributed by atoms with Gasteiger partial charge in [0.2, 0.25) is 0 Å². The van der Waals surface area contributed by atoms with Crippen LogP contribution in [0.5, 0.6) is 0 Å². The van der Waals surface area contributed by atoms with Crippen molar-refractivity contribution in [2.75, 3.05) is 11.4 Å². The van der Waals surface area contributed by atoms with E-state index in [0.717, 1.165) is 6.07 Å². The molecule has 0 saturated heterocycles. The number of benzene rings is 2. The Kier molecular flexibility index (Phi) is 4.22. The van der Waals surface area contributed by atoms with E-state index in [-0.39, 0.29) is 24.0 Å². The van der Waals surface area contributed by atoms with E-state index in [1.807, 2.05) is 6.92 Å². The van der Waals surface area contributed by atoms with Gasteiger partial charge in [0.1, 0.15) is 17.5 Å². The normalized spacial score (nSPS) is 13.1. The molecular formula is C20H16F3N3O. The van der Waals surface area contributed by atoms with Crippen LogP contribution < -0.4 is 4.90 Å². The van der Waals surface area contributed by atoms with Crippen LogP contribution in [-0.2, 0) is 12.8 Å². The summed E-state index contributed by atoms with van der Waals surface area (Å²) in [4.78, 5) is 14.5. The van der Waals surface area contributed by atoms with Crippen LogP contribution in [0, 0.1) is 17.5 Å². The summed E-state index contributed by atoms with van der Waals surface area (Å²) in [5, 5.41) is 4.27. The van der Waals surface area contributed by atoms with Gasteiger partial charge in [-0.3, -0.25) is 4.79 Å². The van der Waals surface area contributed by atoms with Crippen LogP contribution in [0.4, 0.5) is 18.9 Å². The van der Waals surface area contributed by atoms with Gasteiger partial charge in [0.05, 0.1) is 28.8 Å². The van der Waals surface area contributed by atoms with Crippen LogP contribution in [0.1, 0.15) is 28.5 Å². The summed E-state index contributed by atoms with van der Waals surface area (Å²) in [6.07, 6.45) is 2.29. The number of amides is 1. The van der Waals surface area contributed by atoms with Gasteiger partial charge >= 0.3 is 0 Å². The molecule has 1 aliphatic rings. The number of carbonyl (C=O) groups is 1. The van der Waals surface area contributed by atoms with E-state index in [0.29, 0.717) is 35.3 Å². The van der Waals surface area contributed by atoms with Gasteiger partial charge in [-0.1, -0.05) is 6.92 Å². The van der Waals surface area contributed by atoms with Gasteiger partial charge in [-0.2, -0.15) is 5.10 Å². The Bertz CT molecular complexity index is 1030. The third-order valence-corrected chi connectivity index (χ3v) is 4.76. The summed E-state index contributed by atoms with van der Waals surface area (Å²) in [5.74, 6) is -2.08. The first-order valence-electron chi connectivity index (χ1n) is 8.62. The monoisotopic (exact) mass is 371 g/mol. The molecular weight excluding hydrogens is 355 g/mol. The molecule has 27 heavy (non-hydrogen) atoms. The molecule has 0 radical (unpaired) electrons. The maximum Gasteiger partial charge on any atom is 0.261 e. The minimum atomic E-state index is -0.719. The second-order valence-corrected chi connectivity index (χ2v) is 6.34. The van der Waals surface area contributed by atoms with E-state index in [1.54, 1.807) is 16.8 Å². The first kappa shape index (κ1) is 17.3. The number of nitrogens with zero attached hydrogens (tertiary/aromatic N) is 3. The molecule has 0 aliphatic carbocycles. The lowest BCUT2D eigenvalue weighted by Gasteiger charge is -2.18. The van der Waals surface area contributed by atoms with Crippen LogP contribution >= 0.6 is 0 Å². The van der Waals surface area contributed by atoms with Crippen molar-refractivity contribution in [1.29, 1.82) is 0 Å². The SMILES string of the molecule is CCc1c(C(=O)N2CCc3c(F)cc(F)cc32)cnn1-c1ccc(F)cc1. The summed E-state index contributed by atoms with van der Waals surface area (Å²) in [7, 11) is 0. The van der Waals surface area contributed by atoms with Crippen LogP contribution in [0.3, 0.4) is 0 Å². The van der Waals surface area contributed by atoms with E-state index in [2.05, 4.69) is 5.10 Å². The maximum atomic E-state index is 14.0. The summed E-state index contributed by atoms with van der Waals surface area (Å²) >= 11 is 0. The van der Waals surface area contributed by atoms with Crippen LogP contribution in [0.25, 0.3) is 5.69 Å². The average Bonchev–Trinajstić information content (AvgIpc) is 3.26. The largest absolute Gasteiger partial charge is 0.307 e. The first-order chi connectivity index (χ1) is 13.0. The standard InChI is InChI=1S/C20H16F3N3O/c1-2-18-16(11-24-26(18)14-5-3-12(21)4-6-14)20(27)25-8-7-15-17(23)9-13(22)10-19(15)25/h3-6,9-11H,2,7-8H2,1H3. The molecule has 4 nitrogen and oxygen atoms in total. The molecule has 0 N–H and O–H groups in total. The van der Waals surface area contributed by atoms with Gasteiger partial charge < -0.3 is 4.90 Å². The van der Waals surface area contributed by atoms with Crippen molar-refractivity contribution in [3.8, 4) is 5.69 Å². The van der Waals surface area contributed by atoms with E-state index in [4.69, 9.17) is 0 Å². The second kappa shape index (κ2) is 6.57. The van der Waals surface area contributed by atoms with Gasteiger partial charge in [0, 0.05) is 18.2 Å². The second-order valence-electron chi connectivity index (χ2n) is 6.34. The molecule has 1 aromatic heterocycles. The van der Waals surface area contributed by atoms with Crippen LogP contribution in [-0.4, -0.2) is 22.2 Å². The Morgan fingerprint density at radius 3 is 2.56 bits per heavy atom.